The van der Waals surface area contributed by atoms with Crippen molar-refractivity contribution >= 4 is 0 Å². The fourth-order valence-corrected chi connectivity index (χ4v) is 2.89. The van der Waals surface area contributed by atoms with E-state index in [1.165, 1.54) is 55.6 Å². The molecule has 0 aliphatic carbocycles. The SMILES string of the molecule is CCn1nc(C)c(CCC2CCCCN2)c1C. The lowest BCUT2D eigenvalue weighted by atomic mass is 9.97. The summed E-state index contributed by atoms with van der Waals surface area (Å²) in [6.07, 6.45) is 6.53. The Morgan fingerprint density at radius 2 is 2.18 bits per heavy atom. The highest BCUT2D eigenvalue weighted by Crippen LogP contribution is 2.18. The lowest BCUT2D eigenvalue weighted by molar-refractivity contribution is 0.382. The molecule has 0 amide bonds. The lowest BCUT2D eigenvalue weighted by Gasteiger charge is -2.23. The monoisotopic (exact) mass is 235 g/mol. The second-order valence-corrected chi connectivity index (χ2v) is 5.15. The summed E-state index contributed by atoms with van der Waals surface area (Å²) in [6.45, 7) is 8.69. The number of nitrogens with one attached hydrogen (secondary N) is 1. The minimum absolute atomic E-state index is 0.729. The van der Waals surface area contributed by atoms with E-state index in [0.717, 1.165) is 12.6 Å². The van der Waals surface area contributed by atoms with E-state index in [2.05, 4.69) is 35.9 Å². The second kappa shape index (κ2) is 5.67. The maximum atomic E-state index is 4.59. The van der Waals surface area contributed by atoms with Crippen molar-refractivity contribution in [3.63, 3.8) is 0 Å². The van der Waals surface area contributed by atoms with E-state index in [9.17, 15) is 0 Å². The predicted octanol–water partition coefficient (Wildman–Crippen LogP) is 2.59. The molecule has 1 aliphatic heterocycles. The van der Waals surface area contributed by atoms with Crippen molar-refractivity contribution < 1.29 is 0 Å². The quantitative estimate of drug-likeness (QED) is 0.869. The fraction of sp³-hybridized carbons (Fsp3) is 0.786. The van der Waals surface area contributed by atoms with Gasteiger partial charge in [-0.3, -0.25) is 4.68 Å². The van der Waals surface area contributed by atoms with E-state index in [-0.39, 0.29) is 0 Å². The third-order valence-corrected chi connectivity index (χ3v) is 3.99. The normalized spacial score (nSPS) is 20.8. The van der Waals surface area contributed by atoms with E-state index in [0.29, 0.717) is 0 Å². The van der Waals surface area contributed by atoms with Crippen molar-refractivity contribution in [1.82, 2.24) is 15.1 Å². The third-order valence-electron chi connectivity index (χ3n) is 3.99. The van der Waals surface area contributed by atoms with Crippen molar-refractivity contribution in [2.75, 3.05) is 6.54 Å². The van der Waals surface area contributed by atoms with Gasteiger partial charge < -0.3 is 5.32 Å². The molecule has 3 nitrogen and oxygen atoms in total. The molecule has 1 unspecified atom stereocenters. The topological polar surface area (TPSA) is 29.9 Å². The van der Waals surface area contributed by atoms with E-state index < -0.39 is 0 Å². The first-order valence-corrected chi connectivity index (χ1v) is 6.98. The molecule has 96 valence electrons. The largest absolute Gasteiger partial charge is 0.314 e. The van der Waals surface area contributed by atoms with Crippen molar-refractivity contribution in [2.24, 2.45) is 0 Å². The minimum atomic E-state index is 0.729. The summed E-state index contributed by atoms with van der Waals surface area (Å²) >= 11 is 0. The number of piperidine rings is 1. The van der Waals surface area contributed by atoms with E-state index in [1.807, 2.05) is 0 Å². The molecular formula is C14H25N3. The van der Waals surface area contributed by atoms with E-state index in [1.54, 1.807) is 0 Å². The summed E-state index contributed by atoms with van der Waals surface area (Å²) < 4.78 is 2.12. The van der Waals surface area contributed by atoms with Crippen LogP contribution in [0.2, 0.25) is 0 Å². The van der Waals surface area contributed by atoms with Crippen LogP contribution in [-0.2, 0) is 13.0 Å². The Labute approximate surface area is 105 Å². The summed E-state index contributed by atoms with van der Waals surface area (Å²) in [5, 5.41) is 8.21. The molecule has 17 heavy (non-hydrogen) atoms. The molecule has 1 atom stereocenters. The summed E-state index contributed by atoms with van der Waals surface area (Å²) in [5.41, 5.74) is 4.06. The van der Waals surface area contributed by atoms with Crippen LogP contribution in [-0.4, -0.2) is 22.4 Å². The molecule has 1 aromatic rings. The second-order valence-electron chi connectivity index (χ2n) is 5.15. The van der Waals surface area contributed by atoms with Crippen molar-refractivity contribution in [2.45, 2.75) is 65.5 Å². The molecule has 3 heteroatoms. The number of hydrogen-bond donors (Lipinski definition) is 1. The molecule has 0 saturated carbocycles. The number of aryl methyl sites for hydroxylation is 2. The Kier molecular flexibility index (Phi) is 4.21. The molecule has 1 saturated heterocycles. The van der Waals surface area contributed by atoms with Crippen LogP contribution in [0, 0.1) is 13.8 Å². The highest BCUT2D eigenvalue weighted by Gasteiger charge is 2.15. The Morgan fingerprint density at radius 1 is 1.35 bits per heavy atom. The highest BCUT2D eigenvalue weighted by molar-refractivity contribution is 5.24. The van der Waals surface area contributed by atoms with Crippen molar-refractivity contribution in [3.05, 3.63) is 17.0 Å². The van der Waals surface area contributed by atoms with Crippen molar-refractivity contribution in [3.8, 4) is 0 Å². The molecule has 2 rings (SSSR count). The van der Waals surface area contributed by atoms with Gasteiger partial charge in [-0.1, -0.05) is 6.42 Å². The van der Waals surface area contributed by atoms with Gasteiger partial charge in [0.25, 0.3) is 0 Å². The highest BCUT2D eigenvalue weighted by atomic mass is 15.3. The first-order chi connectivity index (χ1) is 8.22. The van der Waals surface area contributed by atoms with Crippen LogP contribution in [0.3, 0.4) is 0 Å². The van der Waals surface area contributed by atoms with E-state index >= 15 is 0 Å². The molecule has 0 bridgehead atoms. The number of aromatic nitrogens is 2. The molecule has 2 heterocycles. The van der Waals surface area contributed by atoms with Crippen LogP contribution in [0.25, 0.3) is 0 Å². The number of hydrogen-bond acceptors (Lipinski definition) is 2. The molecular weight excluding hydrogens is 210 g/mol. The van der Waals surface area contributed by atoms with Gasteiger partial charge >= 0.3 is 0 Å². The molecule has 0 spiro atoms. The molecule has 0 radical (unpaired) electrons. The third kappa shape index (κ3) is 2.89. The maximum absolute atomic E-state index is 4.59. The first kappa shape index (κ1) is 12.6. The Morgan fingerprint density at radius 3 is 2.76 bits per heavy atom. The van der Waals surface area contributed by atoms with Crippen LogP contribution >= 0.6 is 0 Å². The standard InChI is InChI=1S/C14H25N3/c1-4-17-12(3)14(11(2)16-17)9-8-13-7-5-6-10-15-13/h13,15H,4-10H2,1-3H3. The molecule has 1 aromatic heterocycles. The zero-order chi connectivity index (χ0) is 12.3. The van der Waals surface area contributed by atoms with Gasteiger partial charge in [0.05, 0.1) is 5.69 Å². The predicted molar refractivity (Wildman–Crippen MR) is 71.3 cm³/mol. The summed E-state index contributed by atoms with van der Waals surface area (Å²) in [4.78, 5) is 0. The lowest BCUT2D eigenvalue weighted by Crippen LogP contribution is -2.34. The fourth-order valence-electron chi connectivity index (χ4n) is 2.89. The summed E-state index contributed by atoms with van der Waals surface area (Å²) in [6, 6.07) is 0.729. The number of nitrogens with zero attached hydrogens (tertiary/aromatic N) is 2. The Hall–Kier alpha value is -0.830. The van der Waals surface area contributed by atoms with Gasteiger partial charge in [-0.25, -0.2) is 0 Å². The van der Waals surface area contributed by atoms with Gasteiger partial charge in [-0.15, -0.1) is 0 Å². The molecule has 1 aliphatic rings. The summed E-state index contributed by atoms with van der Waals surface area (Å²) in [7, 11) is 0. The van der Waals surface area contributed by atoms with Gasteiger partial charge in [0.1, 0.15) is 0 Å². The van der Waals surface area contributed by atoms with Crippen LogP contribution in [0.4, 0.5) is 0 Å². The Balaban J connectivity index is 1.95. The van der Waals surface area contributed by atoms with Crippen molar-refractivity contribution in [1.29, 1.82) is 0 Å². The summed E-state index contributed by atoms with van der Waals surface area (Å²) in [5.74, 6) is 0. The van der Waals surface area contributed by atoms with Crippen LogP contribution in [0.15, 0.2) is 0 Å². The average Bonchev–Trinajstić information content (AvgIpc) is 2.63. The average molecular weight is 235 g/mol. The smallest absolute Gasteiger partial charge is 0.0628 e. The zero-order valence-electron chi connectivity index (χ0n) is 11.4. The van der Waals surface area contributed by atoms with Gasteiger partial charge in [0.2, 0.25) is 0 Å². The van der Waals surface area contributed by atoms with Gasteiger partial charge in [0.15, 0.2) is 0 Å². The zero-order valence-corrected chi connectivity index (χ0v) is 11.4. The first-order valence-electron chi connectivity index (χ1n) is 6.98. The number of rotatable bonds is 4. The minimum Gasteiger partial charge on any atom is -0.314 e. The molecule has 1 N–H and O–H groups in total. The van der Waals surface area contributed by atoms with Gasteiger partial charge in [-0.05, 0) is 58.6 Å². The molecule has 1 fully saturated rings. The van der Waals surface area contributed by atoms with Crippen LogP contribution in [0.5, 0.6) is 0 Å². The van der Waals surface area contributed by atoms with Crippen LogP contribution < -0.4 is 5.32 Å². The molecule has 0 aromatic carbocycles. The van der Waals surface area contributed by atoms with Gasteiger partial charge in [0, 0.05) is 18.3 Å². The van der Waals surface area contributed by atoms with Crippen LogP contribution in [0.1, 0.15) is 49.6 Å². The van der Waals surface area contributed by atoms with Gasteiger partial charge in [-0.2, -0.15) is 5.10 Å². The van der Waals surface area contributed by atoms with E-state index in [4.69, 9.17) is 0 Å². The Bertz CT molecular complexity index is 362. The maximum Gasteiger partial charge on any atom is 0.0628 e.